The van der Waals surface area contributed by atoms with E-state index in [2.05, 4.69) is 10.1 Å². The number of nitrogens with zero attached hydrogens (tertiary/aromatic N) is 3. The highest BCUT2D eigenvalue weighted by Crippen LogP contribution is 2.26. The Morgan fingerprint density at radius 3 is 3.15 bits per heavy atom. The molecule has 0 radical (unpaired) electrons. The van der Waals surface area contributed by atoms with E-state index in [1.165, 1.54) is 4.68 Å². The van der Waals surface area contributed by atoms with Crippen molar-refractivity contribution in [2.45, 2.75) is 32.5 Å². The Kier molecular flexibility index (Phi) is 1.86. The first-order valence-electron chi connectivity index (χ1n) is 4.34. The molecule has 0 N–H and O–H groups in total. The summed E-state index contributed by atoms with van der Waals surface area (Å²) in [5, 5.41) is 3.93. The van der Waals surface area contributed by atoms with E-state index in [9.17, 15) is 9.18 Å². The number of halogens is 1. The second-order valence-corrected chi connectivity index (χ2v) is 3.05. The van der Waals surface area contributed by atoms with E-state index in [0.29, 0.717) is 25.2 Å². The van der Waals surface area contributed by atoms with Gasteiger partial charge in [0.1, 0.15) is 0 Å². The van der Waals surface area contributed by atoms with Crippen LogP contribution in [0.25, 0.3) is 0 Å². The van der Waals surface area contributed by atoms with Crippen LogP contribution in [0.1, 0.15) is 42.4 Å². The molecule has 0 spiro atoms. The van der Waals surface area contributed by atoms with Gasteiger partial charge in [-0.15, -0.1) is 5.10 Å². The van der Waals surface area contributed by atoms with Crippen LogP contribution in [0, 0.1) is 0 Å². The summed E-state index contributed by atoms with van der Waals surface area (Å²) >= 11 is 0. The fourth-order valence-corrected chi connectivity index (χ4v) is 1.39. The zero-order chi connectivity index (χ0) is 9.42. The summed E-state index contributed by atoms with van der Waals surface area (Å²) in [4.78, 5) is 15.0. The smallest absolute Gasteiger partial charge is 0.217 e. The highest BCUT2D eigenvalue weighted by Gasteiger charge is 2.27. The second kappa shape index (κ2) is 2.90. The van der Waals surface area contributed by atoms with E-state index in [0.717, 1.165) is 0 Å². The zero-order valence-electron chi connectivity index (χ0n) is 7.33. The van der Waals surface area contributed by atoms with Crippen LogP contribution in [-0.2, 0) is 6.54 Å². The maximum absolute atomic E-state index is 13.1. The van der Waals surface area contributed by atoms with Crippen molar-refractivity contribution in [3.05, 3.63) is 11.6 Å². The molecule has 4 nitrogen and oxygen atoms in total. The lowest BCUT2D eigenvalue weighted by atomic mass is 10.3. The molecule has 2 heterocycles. The van der Waals surface area contributed by atoms with Crippen molar-refractivity contribution in [3.63, 3.8) is 0 Å². The molecule has 0 aliphatic carbocycles. The summed E-state index contributed by atoms with van der Waals surface area (Å²) in [5.74, 6) is 0.325. The molecule has 1 aliphatic heterocycles. The molecule has 0 saturated carbocycles. The van der Waals surface area contributed by atoms with E-state index < -0.39 is 6.17 Å². The molecule has 0 aromatic carbocycles. The lowest BCUT2D eigenvalue weighted by Crippen LogP contribution is -2.02. The number of Topliss-reactive ketones (excluding diaryl/α,β-unsaturated/α-hetero) is 1. The van der Waals surface area contributed by atoms with Crippen LogP contribution in [0.2, 0.25) is 0 Å². The normalized spacial score (nSPS) is 20.3. The third kappa shape index (κ3) is 1.24. The first-order valence-corrected chi connectivity index (χ1v) is 4.34. The van der Waals surface area contributed by atoms with Crippen molar-refractivity contribution in [3.8, 4) is 0 Å². The molecule has 0 fully saturated rings. The molecule has 1 atom stereocenters. The first-order chi connectivity index (χ1) is 6.22. The first kappa shape index (κ1) is 8.34. The van der Waals surface area contributed by atoms with Gasteiger partial charge in [-0.25, -0.2) is 14.1 Å². The lowest BCUT2D eigenvalue weighted by molar-refractivity contribution is 0.0977. The summed E-state index contributed by atoms with van der Waals surface area (Å²) in [5.41, 5.74) is 0. The van der Waals surface area contributed by atoms with Gasteiger partial charge in [-0.1, -0.05) is 6.92 Å². The molecule has 1 unspecified atom stereocenters. The number of alkyl halides is 1. The quantitative estimate of drug-likeness (QED) is 0.649. The fourth-order valence-electron chi connectivity index (χ4n) is 1.39. The van der Waals surface area contributed by atoms with E-state index in [1.807, 2.05) is 0 Å². The minimum atomic E-state index is -1.05. The Hall–Kier alpha value is -1.26. The number of carbonyl (C=O) groups is 1. The zero-order valence-corrected chi connectivity index (χ0v) is 7.33. The van der Waals surface area contributed by atoms with Gasteiger partial charge in [0.2, 0.25) is 11.6 Å². The van der Waals surface area contributed by atoms with Crippen molar-refractivity contribution < 1.29 is 9.18 Å². The summed E-state index contributed by atoms with van der Waals surface area (Å²) < 4.78 is 14.5. The Labute approximate surface area is 74.8 Å². The number of ketones is 1. The molecule has 0 bridgehead atoms. The summed E-state index contributed by atoms with van der Waals surface area (Å²) in [7, 11) is 0. The Balaban J connectivity index is 2.34. The van der Waals surface area contributed by atoms with Gasteiger partial charge < -0.3 is 0 Å². The molecular formula is C8H10FN3O. The molecule has 0 amide bonds. The van der Waals surface area contributed by atoms with E-state index >= 15 is 0 Å². The summed E-state index contributed by atoms with van der Waals surface area (Å²) in [6.45, 7) is 2.27. The Morgan fingerprint density at radius 1 is 1.77 bits per heavy atom. The van der Waals surface area contributed by atoms with Gasteiger partial charge in [-0.2, -0.15) is 0 Å². The topological polar surface area (TPSA) is 47.8 Å². The van der Waals surface area contributed by atoms with Gasteiger partial charge in [-0.05, 0) is 0 Å². The molecule has 0 saturated heterocycles. The number of aromatic nitrogens is 3. The number of hydrogen-bond donors (Lipinski definition) is 0. The minimum absolute atomic E-state index is 0.130. The molecule has 70 valence electrons. The van der Waals surface area contributed by atoms with Crippen LogP contribution in [0.4, 0.5) is 4.39 Å². The van der Waals surface area contributed by atoms with Gasteiger partial charge in [-0.3, -0.25) is 4.79 Å². The van der Waals surface area contributed by atoms with Gasteiger partial charge in [0.15, 0.2) is 12.0 Å². The molecular weight excluding hydrogens is 173 g/mol. The van der Waals surface area contributed by atoms with E-state index in [-0.39, 0.29) is 11.6 Å². The van der Waals surface area contributed by atoms with Gasteiger partial charge >= 0.3 is 0 Å². The SMILES string of the molecule is CCC(=O)c1nc2n(n1)CCC2F. The van der Waals surface area contributed by atoms with Crippen LogP contribution >= 0.6 is 0 Å². The highest BCUT2D eigenvalue weighted by molar-refractivity contribution is 5.92. The van der Waals surface area contributed by atoms with Gasteiger partial charge in [0.05, 0.1) is 0 Å². The monoisotopic (exact) mass is 183 g/mol. The third-order valence-electron chi connectivity index (χ3n) is 2.15. The highest BCUT2D eigenvalue weighted by atomic mass is 19.1. The molecule has 13 heavy (non-hydrogen) atoms. The maximum Gasteiger partial charge on any atom is 0.217 e. The molecule has 2 rings (SSSR count). The lowest BCUT2D eigenvalue weighted by Gasteiger charge is -1.91. The number of fused-ring (bicyclic) bond motifs is 1. The van der Waals surface area contributed by atoms with Crippen molar-refractivity contribution in [2.75, 3.05) is 0 Å². The van der Waals surface area contributed by atoms with Gasteiger partial charge in [0.25, 0.3) is 0 Å². The molecule has 1 aromatic heterocycles. The van der Waals surface area contributed by atoms with Crippen LogP contribution < -0.4 is 0 Å². The van der Waals surface area contributed by atoms with Crippen LogP contribution in [0.5, 0.6) is 0 Å². The van der Waals surface area contributed by atoms with Crippen LogP contribution in [0.15, 0.2) is 0 Å². The molecule has 1 aliphatic rings. The van der Waals surface area contributed by atoms with Crippen LogP contribution in [-0.4, -0.2) is 20.5 Å². The van der Waals surface area contributed by atoms with Crippen molar-refractivity contribution in [2.24, 2.45) is 0 Å². The summed E-state index contributed by atoms with van der Waals surface area (Å²) in [6, 6.07) is 0. The Bertz CT molecular complexity index is 347. The standard InChI is InChI=1S/C8H10FN3O/c1-2-6(13)7-10-8-5(9)3-4-12(8)11-7/h5H,2-4H2,1H3. The minimum Gasteiger partial charge on any atom is -0.291 e. The largest absolute Gasteiger partial charge is 0.291 e. The molecule has 5 heteroatoms. The van der Waals surface area contributed by atoms with Crippen molar-refractivity contribution in [1.29, 1.82) is 0 Å². The third-order valence-corrected chi connectivity index (χ3v) is 2.15. The van der Waals surface area contributed by atoms with E-state index in [4.69, 9.17) is 0 Å². The average molecular weight is 183 g/mol. The van der Waals surface area contributed by atoms with Crippen LogP contribution in [0.3, 0.4) is 0 Å². The average Bonchev–Trinajstić information content (AvgIpc) is 2.67. The van der Waals surface area contributed by atoms with E-state index in [1.54, 1.807) is 6.92 Å². The number of aryl methyl sites for hydroxylation is 1. The predicted molar refractivity (Wildman–Crippen MR) is 43.1 cm³/mol. The van der Waals surface area contributed by atoms with Crippen molar-refractivity contribution in [1.82, 2.24) is 14.8 Å². The number of carbonyl (C=O) groups excluding carboxylic acids is 1. The van der Waals surface area contributed by atoms with Gasteiger partial charge in [0, 0.05) is 19.4 Å². The Morgan fingerprint density at radius 2 is 2.54 bits per heavy atom. The fraction of sp³-hybridized carbons (Fsp3) is 0.625. The number of rotatable bonds is 2. The van der Waals surface area contributed by atoms with Crippen molar-refractivity contribution >= 4 is 5.78 Å². The predicted octanol–water partition coefficient (Wildman–Crippen LogP) is 1.29. The molecule has 1 aromatic rings. The maximum atomic E-state index is 13.1. The number of hydrogen-bond acceptors (Lipinski definition) is 3. The summed E-state index contributed by atoms with van der Waals surface area (Å²) in [6.07, 6.45) is -0.262. The second-order valence-electron chi connectivity index (χ2n) is 3.05.